The molecule has 0 fully saturated rings. The van der Waals surface area contributed by atoms with Crippen molar-refractivity contribution in [3.8, 4) is 6.07 Å². The predicted molar refractivity (Wildman–Crippen MR) is 47.4 cm³/mol. The lowest BCUT2D eigenvalue weighted by atomic mass is 10.4. The zero-order valence-corrected chi connectivity index (χ0v) is 7.93. The number of ether oxygens (including phenoxy) is 1. The van der Waals surface area contributed by atoms with Crippen molar-refractivity contribution in [3.05, 3.63) is 16.1 Å². The molecule has 0 radical (unpaired) electrons. The van der Waals surface area contributed by atoms with E-state index in [1.165, 1.54) is 11.3 Å². The molecule has 0 atom stereocenters. The zero-order chi connectivity index (χ0) is 9.68. The molecule has 0 spiro atoms. The lowest BCUT2D eigenvalue weighted by Gasteiger charge is -1.95. The first-order chi connectivity index (χ1) is 6.27. The smallest absolute Gasteiger partial charge is 0.367 e. The fourth-order valence-corrected chi connectivity index (χ4v) is 1.46. The molecule has 0 aliphatic rings. The van der Waals surface area contributed by atoms with Crippen molar-refractivity contribution < 1.29 is 9.53 Å². The molecule has 0 amide bonds. The maximum atomic E-state index is 11.1. The summed E-state index contributed by atoms with van der Waals surface area (Å²) in [7, 11) is 0. The fourth-order valence-electron chi connectivity index (χ4n) is 0.756. The summed E-state index contributed by atoms with van der Waals surface area (Å²) < 4.78 is 4.75. The lowest BCUT2D eigenvalue weighted by Crippen LogP contribution is -2.03. The monoisotopic (exact) mass is 196 g/mol. The van der Waals surface area contributed by atoms with Gasteiger partial charge in [-0.25, -0.2) is 9.78 Å². The summed E-state index contributed by atoms with van der Waals surface area (Å²) in [6.45, 7) is 2.08. The van der Waals surface area contributed by atoms with E-state index in [2.05, 4.69) is 4.98 Å². The van der Waals surface area contributed by atoms with Gasteiger partial charge in [-0.2, -0.15) is 5.26 Å². The molecule has 1 aromatic heterocycles. The molecule has 0 aliphatic carbocycles. The summed E-state index contributed by atoms with van der Waals surface area (Å²) in [6.07, 6.45) is 0.232. The number of aromatic nitrogens is 1. The van der Waals surface area contributed by atoms with Crippen molar-refractivity contribution in [2.24, 2.45) is 0 Å². The van der Waals surface area contributed by atoms with Gasteiger partial charge in [-0.05, 0) is 6.92 Å². The Labute approximate surface area is 79.8 Å². The second-order valence-electron chi connectivity index (χ2n) is 2.20. The van der Waals surface area contributed by atoms with Gasteiger partial charge in [-0.15, -0.1) is 11.3 Å². The maximum absolute atomic E-state index is 11.1. The molecule has 0 N–H and O–H groups in total. The van der Waals surface area contributed by atoms with Crippen molar-refractivity contribution in [1.82, 2.24) is 4.98 Å². The molecule has 1 heterocycles. The minimum absolute atomic E-state index is 0.232. The minimum atomic E-state index is -0.420. The maximum Gasteiger partial charge on any atom is 0.367 e. The van der Waals surface area contributed by atoms with E-state index in [0.29, 0.717) is 17.3 Å². The third-order valence-corrected chi connectivity index (χ3v) is 2.13. The summed E-state index contributed by atoms with van der Waals surface area (Å²) in [4.78, 5) is 15.0. The zero-order valence-electron chi connectivity index (χ0n) is 7.11. The van der Waals surface area contributed by atoms with Crippen LogP contribution in [-0.4, -0.2) is 17.6 Å². The number of nitriles is 1. The molecule has 0 aromatic carbocycles. The van der Waals surface area contributed by atoms with E-state index in [-0.39, 0.29) is 6.42 Å². The number of esters is 1. The summed E-state index contributed by atoms with van der Waals surface area (Å²) in [6, 6.07) is 1.96. The summed E-state index contributed by atoms with van der Waals surface area (Å²) >= 11 is 1.20. The van der Waals surface area contributed by atoms with Crippen LogP contribution >= 0.6 is 11.3 Å². The Balaban J connectivity index is 2.69. The Morgan fingerprint density at radius 3 is 3.23 bits per heavy atom. The average Bonchev–Trinajstić information content (AvgIpc) is 2.54. The number of hydrogen-bond donors (Lipinski definition) is 0. The van der Waals surface area contributed by atoms with Crippen LogP contribution in [0.2, 0.25) is 0 Å². The molecule has 4 nitrogen and oxygen atoms in total. The van der Waals surface area contributed by atoms with Crippen molar-refractivity contribution in [2.45, 2.75) is 13.3 Å². The van der Waals surface area contributed by atoms with Crippen LogP contribution in [0.5, 0.6) is 0 Å². The Kier molecular flexibility index (Phi) is 3.41. The van der Waals surface area contributed by atoms with Crippen LogP contribution in [0.1, 0.15) is 22.4 Å². The van der Waals surface area contributed by atoms with Gasteiger partial charge >= 0.3 is 5.97 Å². The number of carbonyl (C=O) groups excluding carboxylic acids is 1. The highest BCUT2D eigenvalue weighted by Crippen LogP contribution is 2.11. The van der Waals surface area contributed by atoms with Gasteiger partial charge in [0.05, 0.1) is 24.8 Å². The van der Waals surface area contributed by atoms with Gasteiger partial charge in [-0.1, -0.05) is 0 Å². The summed E-state index contributed by atoms with van der Waals surface area (Å²) in [5, 5.41) is 10.4. The van der Waals surface area contributed by atoms with E-state index in [4.69, 9.17) is 10.00 Å². The first kappa shape index (κ1) is 9.68. The van der Waals surface area contributed by atoms with E-state index in [1.807, 2.05) is 6.07 Å². The molecule has 5 heteroatoms. The highest BCUT2D eigenvalue weighted by atomic mass is 32.1. The lowest BCUT2D eigenvalue weighted by molar-refractivity contribution is 0.0525. The molecule has 0 aliphatic heterocycles. The molecular formula is C8H8N2O2S. The number of thiazole rings is 1. The number of hydrogen-bond acceptors (Lipinski definition) is 5. The van der Waals surface area contributed by atoms with E-state index in [9.17, 15) is 4.79 Å². The molecule has 13 heavy (non-hydrogen) atoms. The van der Waals surface area contributed by atoms with Crippen LogP contribution < -0.4 is 0 Å². The first-order valence-electron chi connectivity index (χ1n) is 3.76. The quantitative estimate of drug-likeness (QED) is 0.685. The third-order valence-electron chi connectivity index (χ3n) is 1.26. The second kappa shape index (κ2) is 4.58. The van der Waals surface area contributed by atoms with Gasteiger partial charge in [0.25, 0.3) is 0 Å². The molecule has 0 bridgehead atoms. The van der Waals surface area contributed by atoms with Gasteiger partial charge in [0, 0.05) is 5.38 Å². The average molecular weight is 196 g/mol. The Morgan fingerprint density at radius 2 is 2.62 bits per heavy atom. The van der Waals surface area contributed by atoms with Crippen LogP contribution in [0.15, 0.2) is 5.38 Å². The van der Waals surface area contributed by atoms with Crippen LogP contribution in [-0.2, 0) is 11.2 Å². The summed E-state index contributed by atoms with van der Waals surface area (Å²) in [5.74, 6) is -0.420. The van der Waals surface area contributed by atoms with Crippen LogP contribution in [0.25, 0.3) is 0 Å². The molecule has 0 saturated heterocycles. The predicted octanol–water partition coefficient (Wildman–Crippen LogP) is 1.39. The number of nitrogens with zero attached hydrogens (tertiary/aromatic N) is 2. The van der Waals surface area contributed by atoms with Crippen molar-refractivity contribution in [2.75, 3.05) is 6.61 Å². The minimum Gasteiger partial charge on any atom is -0.461 e. The first-order valence-corrected chi connectivity index (χ1v) is 4.64. The van der Waals surface area contributed by atoms with Crippen LogP contribution in [0, 0.1) is 11.3 Å². The molecule has 0 saturated carbocycles. The van der Waals surface area contributed by atoms with E-state index < -0.39 is 5.97 Å². The Morgan fingerprint density at radius 1 is 1.85 bits per heavy atom. The molecule has 0 unspecified atom stereocenters. The second-order valence-corrected chi connectivity index (χ2v) is 3.06. The van der Waals surface area contributed by atoms with Gasteiger partial charge in [0.15, 0.2) is 0 Å². The molecule has 1 aromatic rings. The Bertz CT molecular complexity index is 340. The number of carbonyl (C=O) groups is 1. The van der Waals surface area contributed by atoms with Gasteiger partial charge in [-0.3, -0.25) is 0 Å². The van der Waals surface area contributed by atoms with E-state index >= 15 is 0 Å². The SMILES string of the molecule is CCOC(=O)c1nc(CC#N)cs1. The molecular weight excluding hydrogens is 188 g/mol. The van der Waals surface area contributed by atoms with Crippen LogP contribution in [0.3, 0.4) is 0 Å². The van der Waals surface area contributed by atoms with Crippen molar-refractivity contribution in [1.29, 1.82) is 5.26 Å². The van der Waals surface area contributed by atoms with Gasteiger partial charge < -0.3 is 4.74 Å². The van der Waals surface area contributed by atoms with Gasteiger partial charge in [0.1, 0.15) is 0 Å². The fraction of sp³-hybridized carbons (Fsp3) is 0.375. The van der Waals surface area contributed by atoms with Crippen molar-refractivity contribution >= 4 is 17.3 Å². The third kappa shape index (κ3) is 2.53. The van der Waals surface area contributed by atoms with Crippen molar-refractivity contribution in [3.63, 3.8) is 0 Å². The topological polar surface area (TPSA) is 63.0 Å². The Hall–Kier alpha value is -1.41. The normalized spacial score (nSPS) is 9.23. The largest absolute Gasteiger partial charge is 0.461 e. The number of rotatable bonds is 3. The van der Waals surface area contributed by atoms with E-state index in [1.54, 1.807) is 12.3 Å². The highest BCUT2D eigenvalue weighted by Gasteiger charge is 2.11. The van der Waals surface area contributed by atoms with Crippen LogP contribution in [0.4, 0.5) is 0 Å². The highest BCUT2D eigenvalue weighted by molar-refractivity contribution is 7.11. The molecule has 1 rings (SSSR count). The van der Waals surface area contributed by atoms with Gasteiger partial charge in [0.2, 0.25) is 5.01 Å². The summed E-state index contributed by atoms with van der Waals surface area (Å²) in [5.41, 5.74) is 0.621. The standard InChI is InChI=1S/C8H8N2O2S/c1-2-12-8(11)7-10-6(3-4-9)5-13-7/h5H,2-3H2,1H3. The van der Waals surface area contributed by atoms with E-state index in [0.717, 1.165) is 0 Å². The molecule has 68 valence electrons.